The van der Waals surface area contributed by atoms with Crippen LogP contribution in [-0.2, 0) is 22.6 Å². The van der Waals surface area contributed by atoms with Crippen LogP contribution in [0.2, 0.25) is 0 Å². The number of hydrogen-bond acceptors (Lipinski definition) is 4. The van der Waals surface area contributed by atoms with E-state index in [0.717, 1.165) is 0 Å². The number of amides is 1. The highest BCUT2D eigenvalue weighted by Crippen LogP contribution is 2.10. The largest absolute Gasteiger partial charge is 0.481 e. The van der Waals surface area contributed by atoms with Crippen LogP contribution in [0.5, 0.6) is 0 Å². The van der Waals surface area contributed by atoms with Crippen LogP contribution in [0.15, 0.2) is 30.3 Å². The molecule has 1 aromatic carbocycles. The molecule has 0 bridgehead atoms. The number of anilines is 1. The molecule has 1 aromatic heterocycles. The van der Waals surface area contributed by atoms with Crippen molar-refractivity contribution in [1.29, 1.82) is 0 Å². The molecule has 2 rings (SSSR count). The number of aromatic nitrogens is 3. The lowest BCUT2D eigenvalue weighted by atomic mass is 10.3. The molecule has 0 saturated heterocycles. The van der Waals surface area contributed by atoms with Crippen molar-refractivity contribution in [3.05, 3.63) is 39.7 Å². The summed E-state index contributed by atoms with van der Waals surface area (Å²) in [5.41, 5.74) is 1.05. The number of carbonyl (C=O) groups excluding carboxylic acids is 1. The Balaban J connectivity index is 2.01. The molecule has 0 saturated carbocycles. The van der Waals surface area contributed by atoms with Crippen LogP contribution in [0, 0.1) is 3.70 Å². The smallest absolute Gasteiger partial charge is 0.309 e. The fourth-order valence-electron chi connectivity index (χ4n) is 1.55. The van der Waals surface area contributed by atoms with Crippen molar-refractivity contribution in [2.45, 2.75) is 13.0 Å². The van der Waals surface area contributed by atoms with Gasteiger partial charge in [-0.2, -0.15) is 0 Å². The molecule has 2 aromatic rings. The van der Waals surface area contributed by atoms with Gasteiger partial charge in [0, 0.05) is 5.69 Å². The van der Waals surface area contributed by atoms with E-state index in [-0.39, 0.29) is 18.9 Å². The highest BCUT2D eigenvalue weighted by molar-refractivity contribution is 14.1. The average molecular weight is 386 g/mol. The zero-order valence-corrected chi connectivity index (χ0v) is 12.4. The maximum absolute atomic E-state index is 11.8. The number of para-hydroxylation sites is 1. The van der Waals surface area contributed by atoms with Gasteiger partial charge >= 0.3 is 5.97 Å². The van der Waals surface area contributed by atoms with Crippen LogP contribution in [0.25, 0.3) is 0 Å². The molecule has 0 aliphatic rings. The number of nitrogens with one attached hydrogen (secondary N) is 1. The number of carboxylic acid groups (broad SMARTS) is 1. The van der Waals surface area contributed by atoms with Gasteiger partial charge in [0.1, 0.15) is 15.9 Å². The van der Waals surface area contributed by atoms with Crippen LogP contribution < -0.4 is 5.32 Å². The second-order valence-electron chi connectivity index (χ2n) is 3.97. The Bertz CT molecular complexity index is 627. The topological polar surface area (TPSA) is 97.1 Å². The monoisotopic (exact) mass is 386 g/mol. The van der Waals surface area contributed by atoms with Gasteiger partial charge in [0.25, 0.3) is 0 Å². The predicted octanol–water partition coefficient (Wildman–Crippen LogP) is 1.15. The molecule has 0 fully saturated rings. The Morgan fingerprint density at radius 3 is 2.65 bits per heavy atom. The van der Waals surface area contributed by atoms with Crippen LogP contribution in [0.3, 0.4) is 0 Å². The van der Waals surface area contributed by atoms with Crippen molar-refractivity contribution >= 4 is 40.2 Å². The number of halogens is 1. The molecule has 1 amide bonds. The molecule has 0 radical (unpaired) electrons. The van der Waals surface area contributed by atoms with Crippen LogP contribution in [0.1, 0.15) is 5.69 Å². The van der Waals surface area contributed by atoms with E-state index < -0.39 is 5.97 Å². The summed E-state index contributed by atoms with van der Waals surface area (Å²) in [5, 5.41) is 19.0. The van der Waals surface area contributed by atoms with E-state index >= 15 is 0 Å². The summed E-state index contributed by atoms with van der Waals surface area (Å²) in [6.45, 7) is -0.0141. The molecule has 0 atom stereocenters. The fraction of sp³-hybridized carbons (Fsp3) is 0.167. The van der Waals surface area contributed by atoms with Gasteiger partial charge < -0.3 is 10.4 Å². The number of rotatable bonds is 5. The van der Waals surface area contributed by atoms with E-state index in [1.165, 1.54) is 4.68 Å². The molecule has 0 aliphatic carbocycles. The zero-order chi connectivity index (χ0) is 14.5. The molecule has 1 heterocycles. The molecule has 2 N–H and O–H groups in total. The molecule has 8 heteroatoms. The van der Waals surface area contributed by atoms with Gasteiger partial charge in [-0.15, -0.1) is 5.10 Å². The molecule has 0 unspecified atom stereocenters. The average Bonchev–Trinajstić information content (AvgIpc) is 2.72. The first-order chi connectivity index (χ1) is 9.56. The molecular formula is C12H11IN4O3. The molecule has 7 nitrogen and oxygen atoms in total. The number of aliphatic carboxylic acids is 1. The first-order valence-electron chi connectivity index (χ1n) is 5.71. The van der Waals surface area contributed by atoms with Crippen molar-refractivity contribution in [2.24, 2.45) is 0 Å². The molecule has 0 aliphatic heterocycles. The standard InChI is InChI=1S/C12H11IN4O3/c13-12-9(6-11(19)20)15-16-17(12)7-10(18)14-8-4-2-1-3-5-8/h1-5H,6-7H2,(H,14,18)(H,19,20). The number of carbonyl (C=O) groups is 2. The van der Waals surface area contributed by atoms with Crippen molar-refractivity contribution in [3.63, 3.8) is 0 Å². The lowest BCUT2D eigenvalue weighted by Gasteiger charge is -2.05. The van der Waals surface area contributed by atoms with E-state index in [2.05, 4.69) is 15.6 Å². The van der Waals surface area contributed by atoms with Gasteiger partial charge in [-0.05, 0) is 34.7 Å². The highest BCUT2D eigenvalue weighted by atomic mass is 127. The molecule has 0 spiro atoms. The Morgan fingerprint density at radius 1 is 1.30 bits per heavy atom. The number of nitrogens with zero attached hydrogens (tertiary/aromatic N) is 3. The van der Waals surface area contributed by atoms with Gasteiger partial charge in [0.2, 0.25) is 5.91 Å². The Hall–Kier alpha value is -1.97. The third-order valence-corrected chi connectivity index (χ3v) is 3.59. The predicted molar refractivity (Wildman–Crippen MR) is 79.2 cm³/mol. The lowest BCUT2D eigenvalue weighted by Crippen LogP contribution is -2.20. The minimum atomic E-state index is -0.983. The number of carboxylic acids is 1. The van der Waals surface area contributed by atoms with E-state index in [4.69, 9.17) is 5.11 Å². The van der Waals surface area contributed by atoms with E-state index in [1.807, 2.05) is 40.8 Å². The van der Waals surface area contributed by atoms with Gasteiger partial charge in [-0.25, -0.2) is 4.68 Å². The quantitative estimate of drug-likeness (QED) is 0.752. The van der Waals surface area contributed by atoms with Crippen molar-refractivity contribution in [2.75, 3.05) is 5.32 Å². The molecular weight excluding hydrogens is 375 g/mol. The second-order valence-corrected chi connectivity index (χ2v) is 4.99. The van der Waals surface area contributed by atoms with Gasteiger partial charge in [-0.1, -0.05) is 23.4 Å². The maximum Gasteiger partial charge on any atom is 0.309 e. The van der Waals surface area contributed by atoms with Crippen LogP contribution >= 0.6 is 22.6 Å². The number of benzene rings is 1. The Labute approximate surface area is 128 Å². The second kappa shape index (κ2) is 6.46. The first kappa shape index (κ1) is 14.4. The van der Waals surface area contributed by atoms with E-state index in [0.29, 0.717) is 15.1 Å². The highest BCUT2D eigenvalue weighted by Gasteiger charge is 2.15. The summed E-state index contributed by atoms with van der Waals surface area (Å²) in [6.07, 6.45) is -0.210. The summed E-state index contributed by atoms with van der Waals surface area (Å²) < 4.78 is 1.92. The third-order valence-electron chi connectivity index (χ3n) is 2.41. The zero-order valence-electron chi connectivity index (χ0n) is 10.3. The van der Waals surface area contributed by atoms with E-state index in [9.17, 15) is 9.59 Å². The molecule has 20 heavy (non-hydrogen) atoms. The van der Waals surface area contributed by atoms with Crippen molar-refractivity contribution in [3.8, 4) is 0 Å². The SMILES string of the molecule is O=C(O)Cc1nnn(CC(=O)Nc2ccccc2)c1I. The summed E-state index contributed by atoms with van der Waals surface area (Å²) >= 11 is 1.93. The minimum Gasteiger partial charge on any atom is -0.481 e. The summed E-state index contributed by atoms with van der Waals surface area (Å²) in [5.74, 6) is -1.23. The first-order valence-corrected chi connectivity index (χ1v) is 6.78. The van der Waals surface area contributed by atoms with Gasteiger partial charge in [0.05, 0.1) is 6.42 Å². The Kier molecular flexibility index (Phi) is 4.66. The normalized spacial score (nSPS) is 10.2. The van der Waals surface area contributed by atoms with Crippen LogP contribution in [0.4, 0.5) is 5.69 Å². The van der Waals surface area contributed by atoms with E-state index in [1.54, 1.807) is 12.1 Å². The summed E-state index contributed by atoms with van der Waals surface area (Å²) in [4.78, 5) is 22.5. The van der Waals surface area contributed by atoms with Crippen molar-refractivity contribution in [1.82, 2.24) is 15.0 Å². The number of hydrogen-bond donors (Lipinski definition) is 2. The van der Waals surface area contributed by atoms with Crippen LogP contribution in [-0.4, -0.2) is 32.0 Å². The lowest BCUT2D eigenvalue weighted by molar-refractivity contribution is -0.136. The molecule has 104 valence electrons. The fourth-order valence-corrected chi connectivity index (χ4v) is 2.11. The third kappa shape index (κ3) is 3.76. The van der Waals surface area contributed by atoms with Gasteiger partial charge in [0.15, 0.2) is 0 Å². The maximum atomic E-state index is 11.8. The summed E-state index contributed by atoms with van der Waals surface area (Å²) in [6, 6.07) is 9.05. The summed E-state index contributed by atoms with van der Waals surface area (Å²) in [7, 11) is 0. The minimum absolute atomic E-state index is 0.0141. The Morgan fingerprint density at radius 2 is 2.00 bits per heavy atom. The van der Waals surface area contributed by atoms with Crippen molar-refractivity contribution < 1.29 is 14.7 Å². The van der Waals surface area contributed by atoms with Gasteiger partial charge in [-0.3, -0.25) is 9.59 Å².